The van der Waals surface area contributed by atoms with Crippen molar-refractivity contribution in [2.45, 2.75) is 32.6 Å². The van der Waals surface area contributed by atoms with E-state index in [2.05, 4.69) is 22.1 Å². The first-order chi connectivity index (χ1) is 9.81. The fourth-order valence-electron chi connectivity index (χ4n) is 2.09. The second-order valence-corrected chi connectivity index (χ2v) is 5.73. The van der Waals surface area contributed by atoms with Crippen LogP contribution in [0.4, 0.5) is 0 Å². The van der Waals surface area contributed by atoms with E-state index in [1.807, 2.05) is 5.41 Å². The number of rotatable bonds is 9. The minimum atomic E-state index is 0.0820. The molecule has 0 saturated heterocycles. The zero-order valence-electron chi connectivity index (χ0n) is 12.1. The normalized spacial score (nSPS) is 16.9. The fraction of sp³-hybridized carbons (Fsp3) is 0.714. The number of carbonyl (C=O) groups excluding carboxylic acids is 1. The molecular formula is C14H23N3O2S. The molecule has 2 aliphatic heterocycles. The lowest BCUT2D eigenvalue weighted by Crippen LogP contribution is -2.29. The van der Waals surface area contributed by atoms with Crippen molar-refractivity contribution in [1.82, 2.24) is 10.2 Å². The number of nitrogens with zero attached hydrogens (tertiary/aromatic N) is 2. The van der Waals surface area contributed by atoms with E-state index < -0.39 is 0 Å². The summed E-state index contributed by atoms with van der Waals surface area (Å²) in [6, 6.07) is 0. The number of ether oxygens (including phenoxy) is 1. The molecule has 1 amide bonds. The standard InChI is InChI=1S/C14H23N3O2S/c1-2-3-8-19-9-4-5-15-13(18)10-12-11-20-14-16-6-7-17(12)14/h11H,2-10H2,1H3,(H,15,18). The lowest BCUT2D eigenvalue weighted by atomic mass is 10.3. The summed E-state index contributed by atoms with van der Waals surface area (Å²) in [5.41, 5.74) is 1.07. The van der Waals surface area contributed by atoms with Gasteiger partial charge in [-0.3, -0.25) is 9.79 Å². The Bertz CT molecular complexity index is 396. The molecule has 2 heterocycles. The van der Waals surface area contributed by atoms with E-state index in [0.29, 0.717) is 13.0 Å². The number of nitrogens with one attached hydrogen (secondary N) is 1. The van der Waals surface area contributed by atoms with Crippen molar-refractivity contribution in [2.75, 3.05) is 32.8 Å². The van der Waals surface area contributed by atoms with Crippen LogP contribution in [-0.4, -0.2) is 48.8 Å². The third kappa shape index (κ3) is 4.52. The van der Waals surface area contributed by atoms with E-state index in [9.17, 15) is 4.79 Å². The molecular weight excluding hydrogens is 274 g/mol. The lowest BCUT2D eigenvalue weighted by Gasteiger charge is -2.16. The van der Waals surface area contributed by atoms with Crippen LogP contribution >= 0.6 is 11.8 Å². The zero-order chi connectivity index (χ0) is 14.2. The molecule has 0 bridgehead atoms. The van der Waals surface area contributed by atoms with Gasteiger partial charge in [-0.25, -0.2) is 0 Å². The Balaban J connectivity index is 1.54. The highest BCUT2D eigenvalue weighted by molar-refractivity contribution is 8.16. The van der Waals surface area contributed by atoms with Gasteiger partial charge in [-0.05, 0) is 18.2 Å². The third-order valence-electron chi connectivity index (χ3n) is 3.22. The Morgan fingerprint density at radius 3 is 3.20 bits per heavy atom. The SMILES string of the molecule is CCCCOCCCNC(=O)CC1=CSC2=NCCN12. The van der Waals surface area contributed by atoms with Crippen molar-refractivity contribution in [2.24, 2.45) is 4.99 Å². The first-order valence-electron chi connectivity index (χ1n) is 7.33. The van der Waals surface area contributed by atoms with E-state index in [1.165, 1.54) is 0 Å². The molecule has 0 radical (unpaired) electrons. The first-order valence-corrected chi connectivity index (χ1v) is 8.21. The summed E-state index contributed by atoms with van der Waals surface area (Å²) in [5.74, 6) is 0.0820. The summed E-state index contributed by atoms with van der Waals surface area (Å²) in [6.07, 6.45) is 3.59. The molecule has 1 N–H and O–H groups in total. The number of aliphatic imine (C=N–C) groups is 1. The highest BCUT2D eigenvalue weighted by Gasteiger charge is 2.27. The molecule has 112 valence electrons. The number of amidine groups is 1. The van der Waals surface area contributed by atoms with Crippen molar-refractivity contribution in [3.8, 4) is 0 Å². The van der Waals surface area contributed by atoms with E-state index in [-0.39, 0.29) is 5.91 Å². The van der Waals surface area contributed by atoms with Crippen LogP contribution in [0.25, 0.3) is 0 Å². The number of carbonyl (C=O) groups is 1. The summed E-state index contributed by atoms with van der Waals surface area (Å²) in [5, 5.41) is 6.02. The van der Waals surface area contributed by atoms with Crippen molar-refractivity contribution in [1.29, 1.82) is 0 Å². The van der Waals surface area contributed by atoms with E-state index in [0.717, 1.165) is 56.4 Å². The molecule has 0 unspecified atom stereocenters. The van der Waals surface area contributed by atoms with Gasteiger partial charge in [0.2, 0.25) is 5.91 Å². The van der Waals surface area contributed by atoms with Crippen LogP contribution in [0.2, 0.25) is 0 Å². The molecule has 6 heteroatoms. The number of hydrogen-bond donors (Lipinski definition) is 1. The summed E-state index contributed by atoms with van der Waals surface area (Å²) < 4.78 is 5.46. The van der Waals surface area contributed by atoms with E-state index in [1.54, 1.807) is 11.8 Å². The topological polar surface area (TPSA) is 53.9 Å². The predicted octanol–water partition coefficient (Wildman–Crippen LogP) is 1.96. The minimum Gasteiger partial charge on any atom is -0.381 e. The molecule has 0 aromatic rings. The molecule has 0 aliphatic carbocycles. The van der Waals surface area contributed by atoms with Crippen LogP contribution in [0, 0.1) is 0 Å². The van der Waals surface area contributed by atoms with Gasteiger partial charge in [-0.15, -0.1) is 0 Å². The van der Waals surface area contributed by atoms with Gasteiger partial charge in [0.1, 0.15) is 0 Å². The minimum absolute atomic E-state index is 0.0820. The molecule has 0 saturated carbocycles. The largest absolute Gasteiger partial charge is 0.381 e. The Morgan fingerprint density at radius 1 is 1.50 bits per heavy atom. The highest BCUT2D eigenvalue weighted by Crippen LogP contribution is 2.30. The number of fused-ring (bicyclic) bond motifs is 1. The monoisotopic (exact) mass is 297 g/mol. The molecule has 0 aromatic carbocycles. The molecule has 0 fully saturated rings. The number of amides is 1. The zero-order valence-corrected chi connectivity index (χ0v) is 12.9. The fourth-order valence-corrected chi connectivity index (χ4v) is 3.05. The third-order valence-corrected chi connectivity index (χ3v) is 4.17. The molecule has 20 heavy (non-hydrogen) atoms. The lowest BCUT2D eigenvalue weighted by molar-refractivity contribution is -0.120. The summed E-state index contributed by atoms with van der Waals surface area (Å²) >= 11 is 1.62. The van der Waals surface area contributed by atoms with Crippen LogP contribution in [-0.2, 0) is 9.53 Å². The molecule has 0 spiro atoms. The maximum absolute atomic E-state index is 11.9. The van der Waals surface area contributed by atoms with Crippen LogP contribution in [0.15, 0.2) is 16.1 Å². The van der Waals surface area contributed by atoms with Crippen molar-refractivity contribution < 1.29 is 9.53 Å². The van der Waals surface area contributed by atoms with Crippen molar-refractivity contribution in [3.05, 3.63) is 11.1 Å². The van der Waals surface area contributed by atoms with Crippen LogP contribution in [0.3, 0.4) is 0 Å². The Hall–Kier alpha value is -1.01. The van der Waals surface area contributed by atoms with Gasteiger partial charge in [0.25, 0.3) is 0 Å². The average molecular weight is 297 g/mol. The maximum atomic E-state index is 11.9. The number of unbranched alkanes of at least 4 members (excludes halogenated alkanes) is 1. The van der Waals surface area contributed by atoms with Crippen LogP contribution < -0.4 is 5.32 Å². The van der Waals surface area contributed by atoms with Gasteiger partial charge in [0.15, 0.2) is 5.17 Å². The molecule has 2 aliphatic rings. The second-order valence-electron chi connectivity index (χ2n) is 4.89. The Labute approximate surface area is 124 Å². The number of hydrogen-bond acceptors (Lipinski definition) is 5. The van der Waals surface area contributed by atoms with Gasteiger partial charge in [-0.2, -0.15) is 0 Å². The maximum Gasteiger partial charge on any atom is 0.225 e. The van der Waals surface area contributed by atoms with Gasteiger partial charge in [0, 0.05) is 32.0 Å². The Kier molecular flexibility index (Phi) is 6.39. The molecule has 0 atom stereocenters. The quantitative estimate of drug-likeness (QED) is 0.661. The van der Waals surface area contributed by atoms with Crippen LogP contribution in [0.5, 0.6) is 0 Å². The average Bonchev–Trinajstić information content (AvgIpc) is 3.03. The smallest absolute Gasteiger partial charge is 0.225 e. The molecule has 5 nitrogen and oxygen atoms in total. The molecule has 2 rings (SSSR count). The summed E-state index contributed by atoms with van der Waals surface area (Å²) in [7, 11) is 0. The van der Waals surface area contributed by atoms with Gasteiger partial charge < -0.3 is 15.0 Å². The van der Waals surface area contributed by atoms with E-state index >= 15 is 0 Å². The second kappa shape index (κ2) is 8.32. The van der Waals surface area contributed by atoms with Crippen molar-refractivity contribution >= 4 is 22.8 Å². The van der Waals surface area contributed by atoms with E-state index in [4.69, 9.17) is 4.74 Å². The summed E-state index contributed by atoms with van der Waals surface area (Å²) in [4.78, 5) is 18.4. The van der Waals surface area contributed by atoms with Gasteiger partial charge in [-0.1, -0.05) is 25.1 Å². The Morgan fingerprint density at radius 2 is 2.35 bits per heavy atom. The predicted molar refractivity (Wildman–Crippen MR) is 82.7 cm³/mol. The first kappa shape index (κ1) is 15.4. The van der Waals surface area contributed by atoms with Crippen LogP contribution in [0.1, 0.15) is 32.6 Å². The molecule has 0 aromatic heterocycles. The van der Waals surface area contributed by atoms with Crippen molar-refractivity contribution in [3.63, 3.8) is 0 Å². The van der Waals surface area contributed by atoms with Gasteiger partial charge in [0.05, 0.1) is 13.0 Å². The highest BCUT2D eigenvalue weighted by atomic mass is 32.2. The summed E-state index contributed by atoms with van der Waals surface area (Å²) in [6.45, 7) is 6.14. The van der Waals surface area contributed by atoms with Gasteiger partial charge >= 0.3 is 0 Å². The number of thioether (sulfide) groups is 1.